The van der Waals surface area contributed by atoms with Gasteiger partial charge in [0.15, 0.2) is 5.82 Å². The summed E-state index contributed by atoms with van der Waals surface area (Å²) in [6.07, 6.45) is 0. The molecular weight excluding hydrogens is 280 g/mol. The summed E-state index contributed by atoms with van der Waals surface area (Å²) in [5, 5.41) is 7.83. The van der Waals surface area contributed by atoms with E-state index in [1.165, 1.54) is 0 Å². The number of ether oxygens (including phenoxy) is 2. The highest BCUT2D eigenvalue weighted by Crippen LogP contribution is 2.31. The predicted molar refractivity (Wildman–Crippen MR) is 76.4 cm³/mol. The number of nitrogens with one attached hydrogen (secondary N) is 1. The van der Waals surface area contributed by atoms with E-state index in [1.54, 1.807) is 13.2 Å². The molecule has 3 rings (SSSR count). The van der Waals surface area contributed by atoms with Crippen LogP contribution in [0.3, 0.4) is 0 Å². The Morgan fingerprint density at radius 2 is 2.15 bits per heavy atom. The third kappa shape index (κ3) is 2.57. The maximum Gasteiger partial charge on any atom is 0.245 e. The topological polar surface area (TPSA) is 63.3 Å². The van der Waals surface area contributed by atoms with Gasteiger partial charge in [-0.25, -0.2) is 0 Å². The van der Waals surface area contributed by atoms with Crippen LogP contribution in [-0.4, -0.2) is 48.6 Å². The first-order chi connectivity index (χ1) is 9.78. The van der Waals surface area contributed by atoms with Crippen molar-refractivity contribution in [2.75, 3.05) is 38.3 Å². The van der Waals surface area contributed by atoms with Crippen molar-refractivity contribution in [2.24, 2.45) is 0 Å². The molecule has 1 fully saturated rings. The van der Waals surface area contributed by atoms with Crippen molar-refractivity contribution >= 4 is 17.5 Å². The second-order valence-corrected chi connectivity index (χ2v) is 4.86. The van der Waals surface area contributed by atoms with Crippen molar-refractivity contribution in [3.05, 3.63) is 23.2 Å². The number of methoxy groups -OCH3 is 1. The van der Waals surface area contributed by atoms with Crippen LogP contribution in [0.2, 0.25) is 5.02 Å². The molecule has 2 heterocycles. The first-order valence-corrected chi connectivity index (χ1v) is 6.75. The van der Waals surface area contributed by atoms with E-state index in [1.807, 2.05) is 12.1 Å². The van der Waals surface area contributed by atoms with E-state index in [-0.39, 0.29) is 0 Å². The minimum Gasteiger partial charge on any atom is -0.496 e. The maximum absolute atomic E-state index is 6.03. The molecule has 0 aliphatic carbocycles. The minimum atomic E-state index is 0.630. The lowest BCUT2D eigenvalue weighted by Crippen LogP contribution is -2.36. The minimum absolute atomic E-state index is 0.630. The Kier molecular flexibility index (Phi) is 3.75. The Hall–Kier alpha value is -1.79. The molecule has 6 nitrogen and oxygen atoms in total. The molecule has 0 amide bonds. The fourth-order valence-corrected chi connectivity index (χ4v) is 2.32. The van der Waals surface area contributed by atoms with E-state index in [0.29, 0.717) is 35.8 Å². The first kappa shape index (κ1) is 13.2. The van der Waals surface area contributed by atoms with Crippen LogP contribution in [0.4, 0.5) is 5.95 Å². The molecule has 0 unspecified atom stereocenters. The third-order valence-corrected chi connectivity index (χ3v) is 3.42. The van der Waals surface area contributed by atoms with Crippen LogP contribution in [-0.2, 0) is 4.74 Å². The highest BCUT2D eigenvalue weighted by atomic mass is 35.5. The van der Waals surface area contributed by atoms with Crippen molar-refractivity contribution in [2.45, 2.75) is 0 Å². The molecule has 1 aromatic heterocycles. The Bertz CT molecular complexity index is 596. The van der Waals surface area contributed by atoms with E-state index in [2.05, 4.69) is 20.1 Å². The van der Waals surface area contributed by atoms with Gasteiger partial charge < -0.3 is 14.4 Å². The molecule has 0 spiro atoms. The van der Waals surface area contributed by atoms with Crippen LogP contribution in [0, 0.1) is 0 Å². The maximum atomic E-state index is 6.03. The molecule has 20 heavy (non-hydrogen) atoms. The standard InChI is InChI=1S/C13H15ClN4O2/c1-19-11-3-2-9(14)8-10(11)12-15-13(17-16-12)18-4-6-20-7-5-18/h2-3,8H,4-7H2,1H3,(H,15,16,17). The van der Waals surface area contributed by atoms with Gasteiger partial charge in [-0.05, 0) is 18.2 Å². The second kappa shape index (κ2) is 5.68. The molecule has 106 valence electrons. The summed E-state index contributed by atoms with van der Waals surface area (Å²) in [6, 6.07) is 5.40. The van der Waals surface area contributed by atoms with Crippen molar-refractivity contribution in [1.82, 2.24) is 15.2 Å². The Labute approximate surface area is 121 Å². The van der Waals surface area contributed by atoms with Gasteiger partial charge in [0, 0.05) is 18.1 Å². The number of anilines is 1. The van der Waals surface area contributed by atoms with Gasteiger partial charge >= 0.3 is 0 Å². The van der Waals surface area contributed by atoms with Gasteiger partial charge in [-0.2, -0.15) is 4.98 Å². The smallest absolute Gasteiger partial charge is 0.245 e. The SMILES string of the molecule is COc1ccc(Cl)cc1-c1nc(N2CCOCC2)n[nH]1. The summed E-state index contributed by atoms with van der Waals surface area (Å²) in [7, 11) is 1.62. The Balaban J connectivity index is 1.91. The number of nitrogens with zero attached hydrogens (tertiary/aromatic N) is 3. The normalized spacial score (nSPS) is 15.4. The van der Waals surface area contributed by atoms with Crippen molar-refractivity contribution in [3.63, 3.8) is 0 Å². The average molecular weight is 295 g/mol. The van der Waals surface area contributed by atoms with Gasteiger partial charge in [-0.15, -0.1) is 5.10 Å². The van der Waals surface area contributed by atoms with Crippen LogP contribution in [0.1, 0.15) is 0 Å². The number of H-pyrrole nitrogens is 1. The van der Waals surface area contributed by atoms with Crippen molar-refractivity contribution in [1.29, 1.82) is 0 Å². The van der Waals surface area contributed by atoms with E-state index in [4.69, 9.17) is 21.1 Å². The van der Waals surface area contributed by atoms with Gasteiger partial charge in [0.25, 0.3) is 0 Å². The van der Waals surface area contributed by atoms with Gasteiger partial charge in [0.2, 0.25) is 5.95 Å². The molecular formula is C13H15ClN4O2. The van der Waals surface area contributed by atoms with Gasteiger partial charge in [0.1, 0.15) is 5.75 Å². The summed E-state index contributed by atoms with van der Waals surface area (Å²) < 4.78 is 10.6. The predicted octanol–water partition coefficient (Wildman–Crippen LogP) is 1.97. The number of hydrogen-bond acceptors (Lipinski definition) is 5. The lowest BCUT2D eigenvalue weighted by atomic mass is 10.2. The zero-order valence-corrected chi connectivity index (χ0v) is 11.9. The Morgan fingerprint density at radius 1 is 1.35 bits per heavy atom. The lowest BCUT2D eigenvalue weighted by Gasteiger charge is -2.25. The number of aromatic nitrogens is 3. The van der Waals surface area contributed by atoms with Gasteiger partial charge in [-0.1, -0.05) is 11.6 Å². The summed E-state index contributed by atoms with van der Waals surface area (Å²) >= 11 is 6.03. The zero-order chi connectivity index (χ0) is 13.9. The summed E-state index contributed by atoms with van der Waals surface area (Å²) in [5.74, 6) is 2.02. The molecule has 0 atom stereocenters. The van der Waals surface area contributed by atoms with Crippen LogP contribution in [0.25, 0.3) is 11.4 Å². The molecule has 1 aromatic carbocycles. The molecule has 1 saturated heterocycles. The van der Waals surface area contributed by atoms with Crippen LogP contribution >= 0.6 is 11.6 Å². The number of hydrogen-bond donors (Lipinski definition) is 1. The monoisotopic (exact) mass is 294 g/mol. The summed E-state index contributed by atoms with van der Waals surface area (Å²) in [5.41, 5.74) is 0.798. The summed E-state index contributed by atoms with van der Waals surface area (Å²) in [6.45, 7) is 2.99. The van der Waals surface area contributed by atoms with Crippen LogP contribution < -0.4 is 9.64 Å². The van der Waals surface area contributed by atoms with E-state index in [9.17, 15) is 0 Å². The molecule has 7 heteroatoms. The fraction of sp³-hybridized carbons (Fsp3) is 0.385. The molecule has 0 radical (unpaired) electrons. The largest absolute Gasteiger partial charge is 0.496 e. The number of aromatic amines is 1. The first-order valence-electron chi connectivity index (χ1n) is 6.37. The molecule has 1 N–H and O–H groups in total. The van der Waals surface area contributed by atoms with E-state index in [0.717, 1.165) is 18.7 Å². The number of benzene rings is 1. The third-order valence-electron chi connectivity index (χ3n) is 3.18. The van der Waals surface area contributed by atoms with Crippen LogP contribution in [0.15, 0.2) is 18.2 Å². The van der Waals surface area contributed by atoms with E-state index < -0.39 is 0 Å². The molecule has 2 aromatic rings. The van der Waals surface area contributed by atoms with Crippen molar-refractivity contribution in [3.8, 4) is 17.1 Å². The van der Waals surface area contributed by atoms with E-state index >= 15 is 0 Å². The molecule has 1 aliphatic rings. The number of morpholine rings is 1. The fourth-order valence-electron chi connectivity index (χ4n) is 2.14. The second-order valence-electron chi connectivity index (χ2n) is 4.43. The number of halogens is 1. The Morgan fingerprint density at radius 3 is 2.90 bits per heavy atom. The highest BCUT2D eigenvalue weighted by molar-refractivity contribution is 6.30. The van der Waals surface area contributed by atoms with Gasteiger partial charge in [0.05, 0.1) is 25.9 Å². The molecule has 0 bridgehead atoms. The van der Waals surface area contributed by atoms with Crippen molar-refractivity contribution < 1.29 is 9.47 Å². The van der Waals surface area contributed by atoms with Crippen LogP contribution in [0.5, 0.6) is 5.75 Å². The summed E-state index contributed by atoms with van der Waals surface area (Å²) in [4.78, 5) is 6.60. The van der Waals surface area contributed by atoms with Gasteiger partial charge in [-0.3, -0.25) is 5.10 Å². The highest BCUT2D eigenvalue weighted by Gasteiger charge is 2.17. The number of rotatable bonds is 3. The lowest BCUT2D eigenvalue weighted by molar-refractivity contribution is 0.122. The molecule has 1 aliphatic heterocycles. The quantitative estimate of drug-likeness (QED) is 0.938. The average Bonchev–Trinajstić information content (AvgIpc) is 2.98. The molecule has 0 saturated carbocycles. The zero-order valence-electron chi connectivity index (χ0n) is 11.1.